The quantitative estimate of drug-likeness (QED) is 0.346. The zero-order chi connectivity index (χ0) is 20.8. The number of rotatable bonds is 8. The van der Waals surface area contributed by atoms with Crippen LogP contribution in [-0.2, 0) is 11.9 Å². The summed E-state index contributed by atoms with van der Waals surface area (Å²) in [5.74, 6) is 1.82. The molecule has 0 saturated carbocycles. The predicted molar refractivity (Wildman–Crippen MR) is 115 cm³/mol. The fourth-order valence-corrected chi connectivity index (χ4v) is 3.89. The highest BCUT2D eigenvalue weighted by Crippen LogP contribution is 2.28. The van der Waals surface area contributed by atoms with E-state index in [-0.39, 0.29) is 0 Å². The number of nitrogens with zero attached hydrogens (tertiary/aromatic N) is 4. The van der Waals surface area contributed by atoms with Gasteiger partial charge in [-0.25, -0.2) is 23.7 Å². The smallest absolute Gasteiger partial charge is 0.279 e. The van der Waals surface area contributed by atoms with Gasteiger partial charge in [-0.15, -0.1) is 4.72 Å². The lowest BCUT2D eigenvalue weighted by molar-refractivity contribution is 0.226. The Morgan fingerprint density at radius 1 is 1.45 bits per heavy atom. The van der Waals surface area contributed by atoms with Gasteiger partial charge in [0.15, 0.2) is 0 Å². The standard InChI is InChI=1S/C19H25F2N7S/c1-12-13(9-26-29-2)4-3-7-28(12)18-8-15(24-11-25-18)16-10-23-17(27-16)6-5-14(22)19(20)21/h5-6,8,10-13,19,22,26H,3-4,7,9H2,1-2H3,(H,23,27)/p+1/b6-5-,22-14?. The molecule has 3 N–H and O–H groups in total. The van der Waals surface area contributed by atoms with Crippen molar-refractivity contribution in [1.82, 2.24) is 24.7 Å². The highest BCUT2D eigenvalue weighted by Gasteiger charge is 2.29. The van der Waals surface area contributed by atoms with E-state index in [1.54, 1.807) is 6.20 Å². The van der Waals surface area contributed by atoms with Crippen molar-refractivity contribution in [1.29, 1.82) is 5.41 Å². The molecule has 1 saturated heterocycles. The van der Waals surface area contributed by atoms with E-state index >= 15 is 0 Å². The third-order valence-corrected chi connectivity index (χ3v) is 5.63. The van der Waals surface area contributed by atoms with Gasteiger partial charge >= 0.3 is 0 Å². The van der Waals surface area contributed by atoms with E-state index < -0.39 is 12.1 Å². The summed E-state index contributed by atoms with van der Waals surface area (Å²) in [6.07, 6.45) is 7.14. The number of piperidine rings is 1. The summed E-state index contributed by atoms with van der Waals surface area (Å²) in [7, 11) is 0. The summed E-state index contributed by atoms with van der Waals surface area (Å²) < 4.78 is 28.3. The molecule has 29 heavy (non-hydrogen) atoms. The number of thiol groups is 1. The number of alkyl halides is 2. The molecule has 2 aromatic rings. The molecule has 2 aromatic heterocycles. The number of imidazole rings is 1. The van der Waals surface area contributed by atoms with Gasteiger partial charge in [0.1, 0.15) is 24.2 Å². The Kier molecular flexibility index (Phi) is 7.32. The van der Waals surface area contributed by atoms with Crippen molar-refractivity contribution < 1.29 is 8.78 Å². The molecule has 10 heteroatoms. The molecule has 1 aliphatic heterocycles. The van der Waals surface area contributed by atoms with Gasteiger partial charge < -0.3 is 9.88 Å². The van der Waals surface area contributed by atoms with Crippen LogP contribution in [0, 0.1) is 11.3 Å². The molecule has 1 fully saturated rings. The molecule has 3 rings (SSSR count). The molecule has 3 heterocycles. The summed E-state index contributed by atoms with van der Waals surface area (Å²) in [5, 5.41) is 7.17. The Morgan fingerprint density at radius 3 is 3.03 bits per heavy atom. The molecule has 0 aliphatic carbocycles. The van der Waals surface area contributed by atoms with E-state index in [1.807, 2.05) is 6.07 Å². The minimum Gasteiger partial charge on any atom is -0.353 e. The van der Waals surface area contributed by atoms with E-state index in [9.17, 15) is 8.78 Å². The average Bonchev–Trinajstić information content (AvgIpc) is 3.20. The van der Waals surface area contributed by atoms with Crippen LogP contribution >= 0.6 is 0 Å². The van der Waals surface area contributed by atoms with Gasteiger partial charge in [0.2, 0.25) is 0 Å². The van der Waals surface area contributed by atoms with E-state index in [0.29, 0.717) is 29.2 Å². The van der Waals surface area contributed by atoms with Gasteiger partial charge in [0.25, 0.3) is 6.43 Å². The van der Waals surface area contributed by atoms with Crippen LogP contribution in [0.1, 0.15) is 25.6 Å². The highest BCUT2D eigenvalue weighted by atomic mass is 32.2. The fourth-order valence-electron chi connectivity index (χ4n) is 3.47. The predicted octanol–water partition coefficient (Wildman–Crippen LogP) is 2.72. The topological polar surface area (TPSA) is 93.6 Å². The van der Waals surface area contributed by atoms with Crippen molar-refractivity contribution >= 4 is 29.6 Å². The Balaban J connectivity index is 1.75. The number of aromatic amines is 1. The van der Waals surface area contributed by atoms with Crippen molar-refractivity contribution in [2.45, 2.75) is 32.2 Å². The van der Waals surface area contributed by atoms with Crippen LogP contribution in [-0.4, -0.2) is 57.5 Å². The van der Waals surface area contributed by atoms with Gasteiger partial charge in [-0.3, -0.25) is 5.41 Å². The van der Waals surface area contributed by atoms with Gasteiger partial charge in [0.05, 0.1) is 35.2 Å². The lowest BCUT2D eigenvalue weighted by Gasteiger charge is -2.39. The molecule has 7 nitrogen and oxygen atoms in total. The maximum atomic E-state index is 12.4. The zero-order valence-corrected chi connectivity index (χ0v) is 17.3. The number of aromatic nitrogens is 4. The Hall–Kier alpha value is -2.33. The van der Waals surface area contributed by atoms with Crippen molar-refractivity contribution in [3.63, 3.8) is 0 Å². The molecule has 0 spiro atoms. The van der Waals surface area contributed by atoms with Crippen LogP contribution < -0.4 is 9.62 Å². The van der Waals surface area contributed by atoms with Crippen molar-refractivity contribution in [2.75, 3.05) is 24.2 Å². The molecule has 1 aliphatic rings. The first-order valence-electron chi connectivity index (χ1n) is 9.50. The Labute approximate surface area is 173 Å². The maximum Gasteiger partial charge on any atom is 0.279 e. The molecule has 0 bridgehead atoms. The fraction of sp³-hybridized carbons (Fsp3) is 0.474. The minimum atomic E-state index is -2.80. The van der Waals surface area contributed by atoms with Gasteiger partial charge in [-0.2, -0.15) is 0 Å². The second kappa shape index (κ2) is 9.93. The summed E-state index contributed by atoms with van der Waals surface area (Å²) in [4.78, 5) is 18.3. The zero-order valence-electron chi connectivity index (χ0n) is 16.4. The van der Waals surface area contributed by atoms with E-state index in [4.69, 9.17) is 5.41 Å². The van der Waals surface area contributed by atoms with Gasteiger partial charge in [0, 0.05) is 25.2 Å². The van der Waals surface area contributed by atoms with Crippen LogP contribution in [0.2, 0.25) is 0 Å². The third kappa shape index (κ3) is 5.39. The summed E-state index contributed by atoms with van der Waals surface area (Å²) >= 11 is 1.19. The minimum absolute atomic E-state index is 0.362. The van der Waals surface area contributed by atoms with Crippen molar-refractivity contribution in [3.05, 3.63) is 30.5 Å². The van der Waals surface area contributed by atoms with Crippen LogP contribution in [0.15, 0.2) is 24.7 Å². The number of H-pyrrole nitrogens is 1. The summed E-state index contributed by atoms with van der Waals surface area (Å²) in [5.41, 5.74) is 0.605. The molecule has 2 unspecified atom stereocenters. The molecule has 0 amide bonds. The lowest BCUT2D eigenvalue weighted by Crippen LogP contribution is -2.47. The second-order valence-corrected chi connectivity index (χ2v) is 7.72. The van der Waals surface area contributed by atoms with Crippen LogP contribution in [0.5, 0.6) is 0 Å². The van der Waals surface area contributed by atoms with E-state index in [0.717, 1.165) is 31.4 Å². The van der Waals surface area contributed by atoms with Gasteiger partial charge in [-0.05, 0) is 37.8 Å². The van der Waals surface area contributed by atoms with Crippen LogP contribution in [0.25, 0.3) is 17.5 Å². The van der Waals surface area contributed by atoms with Crippen molar-refractivity contribution in [3.8, 4) is 11.4 Å². The lowest BCUT2D eigenvalue weighted by atomic mass is 9.90. The SMILES string of the molecule is C[SH+]NCC1CCCN(c2cc(-c3cnc(/C=C\C(=N)C(F)F)[nH]3)ncn2)C1C. The first kappa shape index (κ1) is 21.4. The molecule has 0 radical (unpaired) electrons. The number of nitrogens with one attached hydrogen (secondary N) is 3. The normalized spacial score (nSPS) is 20.0. The first-order chi connectivity index (χ1) is 14.0. The molecule has 0 aromatic carbocycles. The maximum absolute atomic E-state index is 12.4. The van der Waals surface area contributed by atoms with E-state index in [1.165, 1.54) is 30.8 Å². The van der Waals surface area contributed by atoms with Crippen LogP contribution in [0.3, 0.4) is 0 Å². The summed E-state index contributed by atoms with van der Waals surface area (Å²) in [6.45, 7) is 4.17. The molecule has 156 valence electrons. The average molecular weight is 423 g/mol. The van der Waals surface area contributed by atoms with Gasteiger partial charge in [-0.1, -0.05) is 0 Å². The largest absolute Gasteiger partial charge is 0.353 e. The molecular weight excluding hydrogens is 396 g/mol. The van der Waals surface area contributed by atoms with E-state index in [2.05, 4.69) is 42.7 Å². The third-order valence-electron chi connectivity index (χ3n) is 5.13. The Morgan fingerprint density at radius 2 is 2.28 bits per heavy atom. The van der Waals surface area contributed by atoms with Crippen LogP contribution in [0.4, 0.5) is 14.6 Å². The molecule has 2 atom stereocenters. The monoisotopic (exact) mass is 422 g/mol. The number of halogens is 2. The molecular formula is C19H26F2N7S+. The number of allylic oxidation sites excluding steroid dienone is 1. The number of anilines is 1. The number of hydrogen-bond acceptors (Lipinski definition) is 6. The first-order valence-corrected chi connectivity index (χ1v) is 10.8. The second-order valence-electron chi connectivity index (χ2n) is 6.96. The van der Waals surface area contributed by atoms with Crippen molar-refractivity contribution in [2.24, 2.45) is 5.92 Å². The highest BCUT2D eigenvalue weighted by molar-refractivity contribution is 7.75. The Bertz CT molecular complexity index is 855. The summed E-state index contributed by atoms with van der Waals surface area (Å²) in [6, 6.07) is 2.29. The number of hydrogen-bond donors (Lipinski definition) is 3.